The molecule has 0 bridgehead atoms. The van der Waals surface area contributed by atoms with E-state index < -0.39 is 10.0 Å². The predicted molar refractivity (Wildman–Crippen MR) is 128 cm³/mol. The number of nitrogens with one attached hydrogen (secondary N) is 2. The second kappa shape index (κ2) is 10.0. The highest BCUT2D eigenvalue weighted by Gasteiger charge is 2.20. The summed E-state index contributed by atoms with van der Waals surface area (Å²) in [4.78, 5) is 12.7. The number of hydrogen-bond acceptors (Lipinski definition) is 6. The van der Waals surface area contributed by atoms with Crippen LogP contribution in [-0.4, -0.2) is 41.2 Å². The monoisotopic (exact) mass is 482 g/mol. The number of ether oxygens (including phenoxy) is 3. The van der Waals surface area contributed by atoms with Gasteiger partial charge in [0.15, 0.2) is 11.5 Å². The van der Waals surface area contributed by atoms with Crippen molar-refractivity contribution in [1.82, 2.24) is 5.32 Å². The van der Waals surface area contributed by atoms with Crippen LogP contribution in [0.15, 0.2) is 65.6 Å². The number of sulfonamides is 1. The first-order chi connectivity index (χ1) is 16.4. The number of carbonyl (C=O) groups excluding carboxylic acids is 1. The maximum atomic E-state index is 12.9. The van der Waals surface area contributed by atoms with E-state index in [1.807, 2.05) is 25.1 Å². The molecule has 0 spiro atoms. The zero-order valence-corrected chi connectivity index (χ0v) is 19.8. The van der Waals surface area contributed by atoms with E-state index in [9.17, 15) is 13.2 Å². The second-order valence-electron chi connectivity index (χ2n) is 7.81. The van der Waals surface area contributed by atoms with Gasteiger partial charge in [0.2, 0.25) is 0 Å². The van der Waals surface area contributed by atoms with Crippen molar-refractivity contribution in [2.75, 3.05) is 31.6 Å². The molecule has 34 heavy (non-hydrogen) atoms. The lowest BCUT2D eigenvalue weighted by atomic mass is 10.1. The van der Waals surface area contributed by atoms with Gasteiger partial charge in [-0.2, -0.15) is 0 Å². The topological polar surface area (TPSA) is 103 Å². The lowest BCUT2D eigenvalue weighted by Gasteiger charge is -2.19. The van der Waals surface area contributed by atoms with E-state index >= 15 is 0 Å². The maximum absolute atomic E-state index is 12.9. The van der Waals surface area contributed by atoms with E-state index in [0.717, 1.165) is 16.9 Å². The Morgan fingerprint density at radius 1 is 1.00 bits per heavy atom. The molecule has 1 aliphatic rings. The average molecular weight is 483 g/mol. The summed E-state index contributed by atoms with van der Waals surface area (Å²) in [5.41, 5.74) is 2.74. The Labute approximate surface area is 198 Å². The summed E-state index contributed by atoms with van der Waals surface area (Å²) in [6.07, 6.45) is 0.604. The summed E-state index contributed by atoms with van der Waals surface area (Å²) in [6, 6.07) is 16.7. The van der Waals surface area contributed by atoms with E-state index in [-0.39, 0.29) is 16.5 Å². The SMILES string of the molecule is COc1ccc(C)cc1CCNC(=O)c1cccc(NS(=O)(=O)c2ccc3c(c2)OCCO3)c1. The molecular formula is C25H26N2O6S. The van der Waals surface area contributed by atoms with Crippen LogP contribution in [0.4, 0.5) is 5.69 Å². The van der Waals surface area contributed by atoms with Crippen molar-refractivity contribution in [1.29, 1.82) is 0 Å². The zero-order chi connectivity index (χ0) is 24.1. The lowest BCUT2D eigenvalue weighted by Crippen LogP contribution is -2.26. The van der Waals surface area contributed by atoms with Crippen molar-refractivity contribution >= 4 is 21.6 Å². The Bertz CT molecular complexity index is 1310. The second-order valence-corrected chi connectivity index (χ2v) is 9.50. The molecule has 0 unspecified atom stereocenters. The first-order valence-electron chi connectivity index (χ1n) is 10.8. The zero-order valence-electron chi connectivity index (χ0n) is 19.0. The molecule has 0 saturated carbocycles. The Hall–Kier alpha value is -3.72. The molecule has 1 heterocycles. The fourth-order valence-corrected chi connectivity index (χ4v) is 4.71. The number of carbonyl (C=O) groups is 1. The van der Waals surface area contributed by atoms with Crippen LogP contribution in [-0.2, 0) is 16.4 Å². The molecule has 0 atom stereocenters. The third-order valence-electron chi connectivity index (χ3n) is 5.32. The third kappa shape index (κ3) is 5.43. The summed E-state index contributed by atoms with van der Waals surface area (Å²) >= 11 is 0. The van der Waals surface area contributed by atoms with Gasteiger partial charge in [-0.1, -0.05) is 23.8 Å². The predicted octanol–water partition coefficient (Wildman–Crippen LogP) is 3.55. The summed E-state index contributed by atoms with van der Waals surface area (Å²) in [7, 11) is -2.27. The molecule has 1 amide bonds. The molecular weight excluding hydrogens is 456 g/mol. The van der Waals surface area contributed by atoms with Crippen LogP contribution in [0.3, 0.4) is 0 Å². The van der Waals surface area contributed by atoms with Crippen molar-refractivity contribution in [3.8, 4) is 17.2 Å². The fourth-order valence-electron chi connectivity index (χ4n) is 3.64. The minimum absolute atomic E-state index is 0.0405. The van der Waals surface area contributed by atoms with Crippen molar-refractivity contribution in [2.45, 2.75) is 18.2 Å². The van der Waals surface area contributed by atoms with E-state index in [0.29, 0.717) is 43.2 Å². The summed E-state index contributed by atoms with van der Waals surface area (Å²) in [6.45, 7) is 3.19. The molecule has 0 fully saturated rings. The highest BCUT2D eigenvalue weighted by Crippen LogP contribution is 2.32. The van der Waals surface area contributed by atoms with E-state index in [2.05, 4.69) is 10.0 Å². The van der Waals surface area contributed by atoms with Gasteiger partial charge in [0.25, 0.3) is 15.9 Å². The number of anilines is 1. The first-order valence-corrected chi connectivity index (χ1v) is 12.3. The number of amides is 1. The number of aryl methyl sites for hydroxylation is 1. The minimum Gasteiger partial charge on any atom is -0.496 e. The van der Waals surface area contributed by atoms with Crippen LogP contribution in [0.1, 0.15) is 21.5 Å². The third-order valence-corrected chi connectivity index (χ3v) is 6.70. The maximum Gasteiger partial charge on any atom is 0.262 e. The van der Waals surface area contributed by atoms with Gasteiger partial charge >= 0.3 is 0 Å². The Morgan fingerprint density at radius 3 is 2.59 bits per heavy atom. The van der Waals surface area contributed by atoms with Crippen LogP contribution in [0.2, 0.25) is 0 Å². The van der Waals surface area contributed by atoms with Crippen LogP contribution in [0, 0.1) is 6.92 Å². The molecule has 4 rings (SSSR count). The quantitative estimate of drug-likeness (QED) is 0.509. The highest BCUT2D eigenvalue weighted by atomic mass is 32.2. The number of rotatable bonds is 8. The molecule has 0 radical (unpaired) electrons. The summed E-state index contributed by atoms with van der Waals surface area (Å²) in [5.74, 6) is 1.36. The van der Waals surface area contributed by atoms with Gasteiger partial charge in [0.1, 0.15) is 19.0 Å². The van der Waals surface area contributed by atoms with Gasteiger partial charge in [0, 0.05) is 23.9 Å². The van der Waals surface area contributed by atoms with Gasteiger partial charge in [-0.05, 0) is 55.3 Å². The molecule has 0 aliphatic carbocycles. The van der Waals surface area contributed by atoms with Gasteiger partial charge < -0.3 is 19.5 Å². The van der Waals surface area contributed by atoms with E-state index in [1.165, 1.54) is 18.2 Å². The van der Waals surface area contributed by atoms with Crippen molar-refractivity contribution in [2.24, 2.45) is 0 Å². The number of hydrogen-bond donors (Lipinski definition) is 2. The van der Waals surface area contributed by atoms with E-state index in [4.69, 9.17) is 14.2 Å². The van der Waals surface area contributed by atoms with Crippen LogP contribution in [0.25, 0.3) is 0 Å². The average Bonchev–Trinajstić information content (AvgIpc) is 2.83. The highest BCUT2D eigenvalue weighted by molar-refractivity contribution is 7.92. The van der Waals surface area contributed by atoms with Crippen LogP contribution in [0.5, 0.6) is 17.2 Å². The number of fused-ring (bicyclic) bond motifs is 1. The number of benzene rings is 3. The molecule has 0 aromatic heterocycles. The molecule has 2 N–H and O–H groups in total. The Morgan fingerprint density at radius 2 is 1.79 bits per heavy atom. The number of methoxy groups -OCH3 is 1. The fraction of sp³-hybridized carbons (Fsp3) is 0.240. The van der Waals surface area contributed by atoms with Gasteiger partial charge in [-0.25, -0.2) is 8.42 Å². The first kappa shape index (κ1) is 23.4. The van der Waals surface area contributed by atoms with Gasteiger partial charge in [0.05, 0.1) is 12.0 Å². The Kier molecular flexibility index (Phi) is 6.93. The minimum atomic E-state index is -3.89. The molecule has 0 saturated heterocycles. The molecule has 1 aliphatic heterocycles. The van der Waals surface area contributed by atoms with Crippen molar-refractivity contribution in [3.63, 3.8) is 0 Å². The Balaban J connectivity index is 1.41. The van der Waals surface area contributed by atoms with Crippen molar-refractivity contribution in [3.05, 3.63) is 77.4 Å². The van der Waals surface area contributed by atoms with Crippen molar-refractivity contribution < 1.29 is 27.4 Å². The summed E-state index contributed by atoms with van der Waals surface area (Å²) < 4.78 is 44.5. The standard InChI is InChI=1S/C25H26N2O6S/c1-17-6-8-22(31-2)18(14-17)10-11-26-25(28)19-4-3-5-20(15-19)27-34(29,30)21-7-9-23-24(16-21)33-13-12-32-23/h3-9,14-16,27H,10-13H2,1-2H3,(H,26,28). The van der Waals surface area contributed by atoms with Gasteiger partial charge in [-0.15, -0.1) is 0 Å². The lowest BCUT2D eigenvalue weighted by molar-refractivity contribution is 0.0954. The molecule has 9 heteroatoms. The molecule has 3 aromatic rings. The van der Waals surface area contributed by atoms with E-state index in [1.54, 1.807) is 31.4 Å². The molecule has 3 aromatic carbocycles. The summed E-state index contributed by atoms with van der Waals surface area (Å²) in [5, 5.41) is 2.87. The van der Waals surface area contributed by atoms with Gasteiger partial charge in [-0.3, -0.25) is 9.52 Å². The molecule has 178 valence electrons. The van der Waals surface area contributed by atoms with Crippen LogP contribution >= 0.6 is 0 Å². The molecule has 8 nitrogen and oxygen atoms in total. The van der Waals surface area contributed by atoms with Crippen LogP contribution < -0.4 is 24.2 Å². The largest absolute Gasteiger partial charge is 0.496 e. The smallest absolute Gasteiger partial charge is 0.262 e. The normalized spacial score (nSPS) is 12.6.